The first kappa shape index (κ1) is 20.1. The highest BCUT2D eigenvalue weighted by Gasteiger charge is 2.29. The maximum atomic E-state index is 13.1. The maximum absolute atomic E-state index is 13.1. The second-order valence-electron chi connectivity index (χ2n) is 7.68. The molecule has 7 heteroatoms. The fourth-order valence-electron chi connectivity index (χ4n) is 4.23. The summed E-state index contributed by atoms with van der Waals surface area (Å²) in [5.41, 5.74) is 1.59. The van der Waals surface area contributed by atoms with E-state index in [2.05, 4.69) is 9.88 Å². The van der Waals surface area contributed by atoms with Crippen LogP contribution in [0, 0.1) is 6.92 Å². The lowest BCUT2D eigenvalue weighted by Gasteiger charge is -2.40. The normalized spacial score (nSPS) is 19.2. The molecule has 0 atom stereocenters. The Morgan fingerprint density at radius 2 is 1.82 bits per heavy atom. The first-order chi connectivity index (χ1) is 13.5. The van der Waals surface area contributed by atoms with Gasteiger partial charge in [-0.1, -0.05) is 29.6 Å². The molecule has 2 saturated heterocycles. The Hall–Kier alpha value is -1.14. The van der Waals surface area contributed by atoms with Gasteiger partial charge >= 0.3 is 0 Å². The van der Waals surface area contributed by atoms with E-state index in [1.807, 2.05) is 17.9 Å². The van der Waals surface area contributed by atoms with Crippen molar-refractivity contribution in [2.24, 2.45) is 0 Å². The van der Waals surface area contributed by atoms with Crippen LogP contribution in [0.1, 0.15) is 47.5 Å². The van der Waals surface area contributed by atoms with Crippen molar-refractivity contribution in [3.63, 3.8) is 0 Å². The smallest absolute Gasteiger partial charge is 0.265 e. The Morgan fingerprint density at radius 1 is 1.11 bits per heavy atom. The molecule has 4 nitrogen and oxygen atoms in total. The van der Waals surface area contributed by atoms with Crippen LogP contribution < -0.4 is 0 Å². The molecule has 0 unspecified atom stereocenters. The maximum Gasteiger partial charge on any atom is 0.265 e. The monoisotopic (exact) mass is 437 g/mol. The number of hydrogen-bond acceptors (Lipinski definition) is 4. The zero-order valence-corrected chi connectivity index (χ0v) is 18.4. The van der Waals surface area contributed by atoms with Crippen molar-refractivity contribution in [2.75, 3.05) is 26.2 Å². The number of nitrogens with zero attached hydrogens (tertiary/aromatic N) is 3. The predicted molar refractivity (Wildman–Crippen MR) is 117 cm³/mol. The molecule has 2 aliphatic heterocycles. The van der Waals surface area contributed by atoms with E-state index in [4.69, 9.17) is 23.2 Å². The van der Waals surface area contributed by atoms with Gasteiger partial charge in [-0.15, -0.1) is 11.3 Å². The molecule has 1 aromatic carbocycles. The van der Waals surface area contributed by atoms with E-state index < -0.39 is 0 Å². The minimum Gasteiger partial charge on any atom is -0.338 e. The molecule has 0 saturated carbocycles. The van der Waals surface area contributed by atoms with Gasteiger partial charge in [0.2, 0.25) is 0 Å². The van der Waals surface area contributed by atoms with E-state index in [0.717, 1.165) is 47.1 Å². The predicted octanol–water partition coefficient (Wildman–Crippen LogP) is 5.52. The van der Waals surface area contributed by atoms with E-state index in [-0.39, 0.29) is 5.91 Å². The molecule has 2 aliphatic rings. The molecule has 4 rings (SSSR count). The van der Waals surface area contributed by atoms with E-state index in [9.17, 15) is 4.79 Å². The molecule has 28 heavy (non-hydrogen) atoms. The minimum atomic E-state index is 0.100. The summed E-state index contributed by atoms with van der Waals surface area (Å²) >= 11 is 13.7. The summed E-state index contributed by atoms with van der Waals surface area (Å²) in [5.74, 6) is 0.100. The molecule has 150 valence electrons. The Morgan fingerprint density at radius 3 is 2.50 bits per heavy atom. The lowest BCUT2D eigenvalue weighted by Crippen LogP contribution is -2.48. The van der Waals surface area contributed by atoms with Gasteiger partial charge in [-0.2, -0.15) is 0 Å². The fourth-order valence-corrected chi connectivity index (χ4v) is 5.86. The number of piperidine rings is 2. The number of halogens is 2. The molecule has 3 heterocycles. The number of benzene rings is 1. The highest BCUT2D eigenvalue weighted by Crippen LogP contribution is 2.35. The van der Waals surface area contributed by atoms with Crippen molar-refractivity contribution < 1.29 is 4.79 Å². The number of carbonyl (C=O) groups excluding carboxylic acids is 1. The van der Waals surface area contributed by atoms with Crippen molar-refractivity contribution in [2.45, 2.75) is 45.1 Å². The zero-order valence-electron chi connectivity index (χ0n) is 16.1. The number of rotatable bonds is 3. The summed E-state index contributed by atoms with van der Waals surface area (Å²) in [6.07, 6.45) is 6.13. The first-order valence-electron chi connectivity index (χ1n) is 9.99. The van der Waals surface area contributed by atoms with E-state index in [1.165, 1.54) is 43.7 Å². The molecule has 0 N–H and O–H groups in total. The van der Waals surface area contributed by atoms with Gasteiger partial charge in [0.15, 0.2) is 0 Å². The fraction of sp³-hybridized carbons (Fsp3) is 0.524. The Balaban J connectivity index is 1.45. The molecule has 0 aliphatic carbocycles. The van der Waals surface area contributed by atoms with Gasteiger partial charge < -0.3 is 9.80 Å². The summed E-state index contributed by atoms with van der Waals surface area (Å²) in [7, 11) is 0. The third-order valence-electron chi connectivity index (χ3n) is 5.81. The van der Waals surface area contributed by atoms with Crippen LogP contribution in [-0.2, 0) is 0 Å². The lowest BCUT2D eigenvalue weighted by atomic mass is 10.00. The van der Waals surface area contributed by atoms with Crippen LogP contribution in [0.4, 0.5) is 0 Å². The first-order valence-corrected chi connectivity index (χ1v) is 11.6. The zero-order chi connectivity index (χ0) is 19.7. The van der Waals surface area contributed by atoms with E-state index >= 15 is 0 Å². The summed E-state index contributed by atoms with van der Waals surface area (Å²) in [6, 6.07) is 6.01. The highest BCUT2D eigenvalue weighted by molar-refractivity contribution is 7.17. The van der Waals surface area contributed by atoms with Crippen molar-refractivity contribution in [3.05, 3.63) is 38.8 Å². The van der Waals surface area contributed by atoms with Crippen LogP contribution >= 0.6 is 34.5 Å². The summed E-state index contributed by atoms with van der Waals surface area (Å²) in [4.78, 5) is 23.1. The molecule has 1 amide bonds. The number of aryl methyl sites for hydroxylation is 1. The third kappa shape index (κ3) is 4.23. The van der Waals surface area contributed by atoms with Crippen molar-refractivity contribution in [3.8, 4) is 10.6 Å². The number of amides is 1. The Kier molecular flexibility index (Phi) is 6.26. The largest absolute Gasteiger partial charge is 0.338 e. The summed E-state index contributed by atoms with van der Waals surface area (Å²) in [5, 5.41) is 1.92. The SMILES string of the molecule is Cc1nc(-c2ccc(Cl)cc2Cl)sc1C(=O)N1CCC(N2CCCCC2)CC1. The third-order valence-corrected chi connectivity index (χ3v) is 7.54. The van der Waals surface area contributed by atoms with Crippen LogP contribution in [0.2, 0.25) is 10.0 Å². The quantitative estimate of drug-likeness (QED) is 0.634. The molecule has 1 aromatic heterocycles. The molecule has 0 bridgehead atoms. The Labute approximate surface area is 180 Å². The molecule has 2 aromatic rings. The van der Waals surface area contributed by atoms with E-state index in [0.29, 0.717) is 16.1 Å². The van der Waals surface area contributed by atoms with Gasteiger partial charge in [-0.05, 0) is 63.9 Å². The topological polar surface area (TPSA) is 36.4 Å². The van der Waals surface area contributed by atoms with Crippen LogP contribution in [0.25, 0.3) is 10.6 Å². The molecule has 2 fully saturated rings. The highest BCUT2D eigenvalue weighted by atomic mass is 35.5. The van der Waals surface area contributed by atoms with Gasteiger partial charge in [-0.25, -0.2) is 4.98 Å². The average Bonchev–Trinajstić information content (AvgIpc) is 3.09. The standard InChI is InChI=1S/C21H25Cl2N3OS/c1-14-19(28-20(24-14)17-6-5-15(22)13-18(17)23)21(27)26-11-7-16(8-12-26)25-9-3-2-4-10-25/h5-6,13,16H,2-4,7-12H2,1H3. The Bertz CT molecular complexity index is 855. The second kappa shape index (κ2) is 8.70. The number of aromatic nitrogens is 1. The van der Waals surface area contributed by atoms with Gasteiger partial charge in [0.05, 0.1) is 10.7 Å². The molecule has 0 radical (unpaired) electrons. The number of carbonyl (C=O) groups is 1. The minimum absolute atomic E-state index is 0.100. The molecular weight excluding hydrogens is 413 g/mol. The van der Waals surface area contributed by atoms with Crippen LogP contribution in [0.5, 0.6) is 0 Å². The number of hydrogen-bond donors (Lipinski definition) is 0. The van der Waals surface area contributed by atoms with Gasteiger partial charge in [0.1, 0.15) is 9.88 Å². The molecular formula is C21H25Cl2N3OS. The van der Waals surface area contributed by atoms with Gasteiger partial charge in [0.25, 0.3) is 5.91 Å². The number of likely N-dealkylation sites (tertiary alicyclic amines) is 2. The van der Waals surface area contributed by atoms with Crippen LogP contribution in [0.15, 0.2) is 18.2 Å². The van der Waals surface area contributed by atoms with Crippen LogP contribution in [0.3, 0.4) is 0 Å². The van der Waals surface area contributed by atoms with Crippen molar-refractivity contribution in [1.29, 1.82) is 0 Å². The van der Waals surface area contributed by atoms with Crippen LogP contribution in [-0.4, -0.2) is 52.9 Å². The second-order valence-corrected chi connectivity index (χ2v) is 9.52. The van der Waals surface area contributed by atoms with Crippen molar-refractivity contribution in [1.82, 2.24) is 14.8 Å². The summed E-state index contributed by atoms with van der Waals surface area (Å²) in [6.45, 7) is 6.00. The summed E-state index contributed by atoms with van der Waals surface area (Å²) < 4.78 is 0. The van der Waals surface area contributed by atoms with Crippen molar-refractivity contribution >= 4 is 40.4 Å². The van der Waals surface area contributed by atoms with Gasteiger partial charge in [0, 0.05) is 29.7 Å². The van der Waals surface area contributed by atoms with Gasteiger partial charge in [-0.3, -0.25) is 4.79 Å². The number of thiazole rings is 1. The lowest BCUT2D eigenvalue weighted by molar-refractivity contribution is 0.0593. The average molecular weight is 438 g/mol. The van der Waals surface area contributed by atoms with E-state index in [1.54, 1.807) is 12.1 Å². The molecule has 0 spiro atoms.